The normalized spacial score (nSPS) is 10.3. The Kier molecular flexibility index (Phi) is 5.81. The molecular weight excluding hydrogens is 246 g/mol. The minimum atomic E-state index is -0.712. The zero-order chi connectivity index (χ0) is 14.3. The van der Waals surface area contributed by atoms with Gasteiger partial charge in [0, 0.05) is 12.2 Å². The second-order valence-electron chi connectivity index (χ2n) is 4.41. The number of hydrogen-bond donors (Lipinski definition) is 3. The molecule has 1 rings (SSSR count). The lowest BCUT2D eigenvalue weighted by Crippen LogP contribution is -2.36. The molecule has 0 saturated heterocycles. The van der Waals surface area contributed by atoms with E-state index in [-0.39, 0.29) is 5.75 Å². The Morgan fingerprint density at radius 2 is 1.79 bits per heavy atom. The van der Waals surface area contributed by atoms with Gasteiger partial charge in [0.25, 0.3) is 0 Å². The van der Waals surface area contributed by atoms with Crippen molar-refractivity contribution in [2.45, 2.75) is 6.42 Å². The molecule has 0 aliphatic carbocycles. The van der Waals surface area contributed by atoms with E-state index < -0.39 is 11.8 Å². The standard InChI is InChI=1S/C13H19N3O3/c1-16(2)9-3-8-14-12(18)13(19)15-10-4-6-11(17)7-5-10/h4-7,17H,3,8-9H2,1-2H3,(H,14,18)(H,15,19). The van der Waals surface area contributed by atoms with Crippen molar-refractivity contribution in [2.75, 3.05) is 32.5 Å². The van der Waals surface area contributed by atoms with Gasteiger partial charge in [-0.05, 0) is 51.3 Å². The van der Waals surface area contributed by atoms with Crippen LogP contribution in [0, 0.1) is 0 Å². The molecule has 1 aromatic carbocycles. The highest BCUT2D eigenvalue weighted by Crippen LogP contribution is 2.13. The molecule has 6 heteroatoms. The maximum atomic E-state index is 11.5. The summed E-state index contributed by atoms with van der Waals surface area (Å²) >= 11 is 0. The molecule has 1 aromatic rings. The van der Waals surface area contributed by atoms with Gasteiger partial charge in [-0.3, -0.25) is 9.59 Å². The molecule has 0 unspecified atom stereocenters. The topological polar surface area (TPSA) is 81.7 Å². The van der Waals surface area contributed by atoms with Crippen LogP contribution in [0.25, 0.3) is 0 Å². The van der Waals surface area contributed by atoms with E-state index in [2.05, 4.69) is 10.6 Å². The summed E-state index contributed by atoms with van der Waals surface area (Å²) < 4.78 is 0. The Hall–Kier alpha value is -2.08. The van der Waals surface area contributed by atoms with Gasteiger partial charge in [-0.25, -0.2) is 0 Å². The maximum absolute atomic E-state index is 11.5. The third-order valence-electron chi connectivity index (χ3n) is 2.40. The van der Waals surface area contributed by atoms with Crippen molar-refractivity contribution in [3.8, 4) is 5.75 Å². The molecule has 6 nitrogen and oxygen atoms in total. The zero-order valence-electron chi connectivity index (χ0n) is 11.1. The number of benzene rings is 1. The molecule has 0 aromatic heterocycles. The molecule has 0 atom stereocenters. The minimum absolute atomic E-state index is 0.103. The number of carbonyl (C=O) groups excluding carboxylic acids is 2. The number of phenols is 1. The van der Waals surface area contributed by atoms with E-state index in [1.165, 1.54) is 24.3 Å². The van der Waals surface area contributed by atoms with Crippen LogP contribution in [-0.4, -0.2) is 49.0 Å². The number of nitrogens with one attached hydrogen (secondary N) is 2. The summed E-state index contributed by atoms with van der Waals surface area (Å²) in [5, 5.41) is 14.1. The van der Waals surface area contributed by atoms with Gasteiger partial charge in [0.05, 0.1) is 0 Å². The smallest absolute Gasteiger partial charge is 0.313 e. The third-order valence-corrected chi connectivity index (χ3v) is 2.40. The summed E-state index contributed by atoms with van der Waals surface area (Å²) in [6, 6.07) is 5.91. The van der Waals surface area contributed by atoms with Crippen LogP contribution >= 0.6 is 0 Å². The van der Waals surface area contributed by atoms with Crippen molar-refractivity contribution in [1.82, 2.24) is 10.2 Å². The summed E-state index contributed by atoms with van der Waals surface area (Å²) in [7, 11) is 3.89. The van der Waals surface area contributed by atoms with Gasteiger partial charge in [-0.15, -0.1) is 0 Å². The molecule has 19 heavy (non-hydrogen) atoms. The predicted octanol–water partition coefficient (Wildman–Crippen LogP) is 0.399. The van der Waals surface area contributed by atoms with E-state index >= 15 is 0 Å². The van der Waals surface area contributed by atoms with Crippen molar-refractivity contribution >= 4 is 17.5 Å². The Labute approximate surface area is 112 Å². The SMILES string of the molecule is CN(C)CCCNC(=O)C(=O)Nc1ccc(O)cc1. The Balaban J connectivity index is 2.32. The predicted molar refractivity (Wildman–Crippen MR) is 72.9 cm³/mol. The summed E-state index contributed by atoms with van der Waals surface area (Å²) in [4.78, 5) is 25.0. The van der Waals surface area contributed by atoms with Crippen LogP contribution in [-0.2, 0) is 9.59 Å². The van der Waals surface area contributed by atoms with E-state index in [9.17, 15) is 9.59 Å². The Bertz CT molecular complexity index is 429. The van der Waals surface area contributed by atoms with Gasteiger partial charge < -0.3 is 20.6 Å². The molecule has 3 N–H and O–H groups in total. The van der Waals surface area contributed by atoms with Crippen molar-refractivity contribution < 1.29 is 14.7 Å². The maximum Gasteiger partial charge on any atom is 0.313 e. The molecule has 0 bridgehead atoms. The average molecular weight is 265 g/mol. The highest BCUT2D eigenvalue weighted by molar-refractivity contribution is 6.39. The second kappa shape index (κ2) is 7.38. The van der Waals surface area contributed by atoms with Crippen molar-refractivity contribution in [3.05, 3.63) is 24.3 Å². The van der Waals surface area contributed by atoms with E-state index in [0.717, 1.165) is 13.0 Å². The monoisotopic (exact) mass is 265 g/mol. The van der Waals surface area contributed by atoms with Crippen molar-refractivity contribution in [3.63, 3.8) is 0 Å². The van der Waals surface area contributed by atoms with E-state index in [1.54, 1.807) is 0 Å². The van der Waals surface area contributed by atoms with Crippen LogP contribution in [0.15, 0.2) is 24.3 Å². The van der Waals surface area contributed by atoms with Crippen molar-refractivity contribution in [1.29, 1.82) is 0 Å². The van der Waals surface area contributed by atoms with E-state index in [0.29, 0.717) is 12.2 Å². The molecule has 0 fully saturated rings. The fraction of sp³-hybridized carbons (Fsp3) is 0.385. The van der Waals surface area contributed by atoms with Crippen molar-refractivity contribution in [2.24, 2.45) is 0 Å². The van der Waals surface area contributed by atoms with Crippen LogP contribution < -0.4 is 10.6 Å². The number of nitrogens with zero attached hydrogens (tertiary/aromatic N) is 1. The highest BCUT2D eigenvalue weighted by Gasteiger charge is 2.12. The number of rotatable bonds is 5. The van der Waals surface area contributed by atoms with E-state index in [4.69, 9.17) is 5.11 Å². The number of amides is 2. The van der Waals surface area contributed by atoms with Gasteiger partial charge in [-0.1, -0.05) is 0 Å². The number of anilines is 1. The van der Waals surface area contributed by atoms with Crippen LogP contribution in [0.2, 0.25) is 0 Å². The lowest BCUT2D eigenvalue weighted by Gasteiger charge is -2.10. The molecule has 0 spiro atoms. The molecule has 0 radical (unpaired) electrons. The zero-order valence-corrected chi connectivity index (χ0v) is 11.1. The summed E-state index contributed by atoms with van der Waals surface area (Å²) in [6.45, 7) is 1.31. The summed E-state index contributed by atoms with van der Waals surface area (Å²) in [6.07, 6.45) is 0.783. The lowest BCUT2D eigenvalue weighted by molar-refractivity contribution is -0.136. The number of hydrogen-bond acceptors (Lipinski definition) is 4. The molecular formula is C13H19N3O3. The quantitative estimate of drug-likeness (QED) is 0.409. The van der Waals surface area contributed by atoms with Gasteiger partial charge >= 0.3 is 11.8 Å². The first-order valence-corrected chi connectivity index (χ1v) is 6.02. The molecule has 104 valence electrons. The fourth-order valence-corrected chi connectivity index (χ4v) is 1.41. The molecule has 0 aliphatic rings. The largest absolute Gasteiger partial charge is 0.508 e. The fourth-order valence-electron chi connectivity index (χ4n) is 1.41. The van der Waals surface area contributed by atoms with Gasteiger partial charge in [0.1, 0.15) is 5.75 Å². The lowest BCUT2D eigenvalue weighted by atomic mass is 10.3. The number of aromatic hydroxyl groups is 1. The van der Waals surface area contributed by atoms with Crippen LogP contribution in [0.1, 0.15) is 6.42 Å². The number of carbonyl (C=O) groups is 2. The first-order chi connectivity index (χ1) is 8.99. The minimum Gasteiger partial charge on any atom is -0.508 e. The highest BCUT2D eigenvalue weighted by atomic mass is 16.3. The first kappa shape index (κ1) is 15.0. The Morgan fingerprint density at radius 1 is 1.16 bits per heavy atom. The van der Waals surface area contributed by atoms with Crippen LogP contribution in [0.4, 0.5) is 5.69 Å². The molecule has 0 heterocycles. The van der Waals surface area contributed by atoms with E-state index in [1.807, 2.05) is 19.0 Å². The third kappa shape index (κ3) is 5.87. The summed E-state index contributed by atoms with van der Waals surface area (Å²) in [5.74, 6) is -1.27. The number of phenolic OH excluding ortho intramolecular Hbond substituents is 1. The first-order valence-electron chi connectivity index (χ1n) is 6.02. The summed E-state index contributed by atoms with van der Waals surface area (Å²) in [5.41, 5.74) is 0.464. The Morgan fingerprint density at radius 3 is 2.37 bits per heavy atom. The molecule has 2 amide bonds. The molecule has 0 aliphatic heterocycles. The second-order valence-corrected chi connectivity index (χ2v) is 4.41. The average Bonchev–Trinajstić information content (AvgIpc) is 2.36. The van der Waals surface area contributed by atoms with Gasteiger partial charge in [0.15, 0.2) is 0 Å². The molecule has 0 saturated carbocycles. The van der Waals surface area contributed by atoms with Gasteiger partial charge in [-0.2, -0.15) is 0 Å². The van der Waals surface area contributed by atoms with Gasteiger partial charge in [0.2, 0.25) is 0 Å². The van der Waals surface area contributed by atoms with Crippen LogP contribution in [0.5, 0.6) is 5.75 Å². The van der Waals surface area contributed by atoms with Crippen LogP contribution in [0.3, 0.4) is 0 Å².